The van der Waals surface area contributed by atoms with E-state index in [4.69, 9.17) is 23.3 Å². The lowest BCUT2D eigenvalue weighted by Gasteiger charge is -2.08. The Labute approximate surface area is 325 Å². The van der Waals surface area contributed by atoms with Gasteiger partial charge >= 0.3 is 0 Å². The van der Waals surface area contributed by atoms with E-state index in [9.17, 15) is 14.7 Å². The third-order valence-corrected chi connectivity index (χ3v) is 9.45. The van der Waals surface area contributed by atoms with Gasteiger partial charge in [-0.3, -0.25) is 9.59 Å². The van der Waals surface area contributed by atoms with Gasteiger partial charge in [0.2, 0.25) is 11.8 Å². The van der Waals surface area contributed by atoms with Gasteiger partial charge in [0.1, 0.15) is 28.6 Å². The number of ether oxygens (including phenoxy) is 3. The van der Waals surface area contributed by atoms with Gasteiger partial charge in [-0.05, 0) is 78.1 Å². The molecule has 0 radical (unpaired) electrons. The number of nitrogens with one attached hydrogen (secondary N) is 2. The van der Waals surface area contributed by atoms with Crippen LogP contribution in [0, 0.1) is 0 Å². The Bertz CT molecular complexity index is 2020. The van der Waals surface area contributed by atoms with Crippen LogP contribution in [-0.4, -0.2) is 61.7 Å². The van der Waals surface area contributed by atoms with E-state index in [0.717, 1.165) is 76.1 Å². The first-order chi connectivity index (χ1) is 27.4. The van der Waals surface area contributed by atoms with Crippen molar-refractivity contribution in [3.8, 4) is 62.0 Å². The molecule has 2 heterocycles. The summed E-state index contributed by atoms with van der Waals surface area (Å²) in [6, 6.07) is 30.1. The molecule has 0 saturated carbocycles. The van der Waals surface area contributed by atoms with E-state index in [1.807, 2.05) is 97.1 Å². The van der Waals surface area contributed by atoms with Crippen molar-refractivity contribution in [2.75, 3.05) is 34.4 Å². The normalized spacial score (nSPS) is 10.9. The number of amides is 2. The maximum atomic E-state index is 13.0. The number of aliphatic hydroxyl groups is 1. The monoisotopic (exact) mass is 758 g/mol. The number of aromatic nitrogens is 2. The summed E-state index contributed by atoms with van der Waals surface area (Å²) in [6.45, 7) is 0.980. The van der Waals surface area contributed by atoms with Crippen LogP contribution in [0.5, 0.6) is 17.2 Å². The predicted octanol–water partition coefficient (Wildman–Crippen LogP) is 7.43. The van der Waals surface area contributed by atoms with Crippen LogP contribution in [0.2, 0.25) is 0 Å². The molecular weight excluding hydrogens is 713 g/mol. The smallest absolute Gasteiger partial charge is 0.227 e. The molecule has 0 aliphatic heterocycles. The molecule has 0 unspecified atom stereocenters. The van der Waals surface area contributed by atoms with Gasteiger partial charge < -0.3 is 39.0 Å². The number of hydrogen-bond donors (Lipinski definition) is 3. The first kappa shape index (κ1) is 39.3. The molecule has 2 aromatic heterocycles. The lowest BCUT2D eigenvalue weighted by atomic mass is 9.97. The zero-order valence-electron chi connectivity index (χ0n) is 31.8. The molecule has 2 amide bonds. The van der Waals surface area contributed by atoms with Crippen molar-refractivity contribution in [3.05, 3.63) is 114 Å². The third kappa shape index (κ3) is 9.82. The highest BCUT2D eigenvalue weighted by Gasteiger charge is 2.23. The Morgan fingerprint density at radius 2 is 0.893 bits per heavy atom. The fourth-order valence-corrected chi connectivity index (χ4v) is 6.39. The third-order valence-electron chi connectivity index (χ3n) is 9.45. The number of rotatable bonds is 19. The Kier molecular flexibility index (Phi) is 13.5. The molecule has 12 nitrogen and oxygen atoms in total. The molecule has 6 rings (SSSR count). The van der Waals surface area contributed by atoms with E-state index < -0.39 is 0 Å². The molecule has 0 saturated heterocycles. The number of aliphatic hydroxyl groups excluding tert-OH is 1. The van der Waals surface area contributed by atoms with Gasteiger partial charge in [0, 0.05) is 24.2 Å². The average molecular weight is 759 g/mol. The van der Waals surface area contributed by atoms with Gasteiger partial charge in [-0.15, -0.1) is 0 Å². The van der Waals surface area contributed by atoms with Crippen molar-refractivity contribution in [2.45, 2.75) is 45.1 Å². The molecule has 0 spiro atoms. The summed E-state index contributed by atoms with van der Waals surface area (Å²) in [5.74, 6) is 2.78. The predicted molar refractivity (Wildman–Crippen MR) is 212 cm³/mol. The lowest BCUT2D eigenvalue weighted by molar-refractivity contribution is -0.121. The van der Waals surface area contributed by atoms with Crippen molar-refractivity contribution in [2.24, 2.45) is 0 Å². The Hall–Kier alpha value is -6.40. The molecule has 0 aliphatic rings. The quantitative estimate of drug-likeness (QED) is 0.0710. The number of nitrogens with zero attached hydrogens (tertiary/aromatic N) is 2. The van der Waals surface area contributed by atoms with Gasteiger partial charge in [-0.25, -0.2) is 0 Å². The van der Waals surface area contributed by atoms with Gasteiger partial charge in [0.05, 0.1) is 51.9 Å². The van der Waals surface area contributed by atoms with Crippen LogP contribution >= 0.6 is 0 Å². The fraction of sp³-hybridized carbons (Fsp3) is 0.273. The van der Waals surface area contributed by atoms with Gasteiger partial charge in [-0.1, -0.05) is 71.7 Å². The van der Waals surface area contributed by atoms with Crippen molar-refractivity contribution >= 4 is 11.8 Å². The minimum absolute atomic E-state index is 0.0298. The van der Waals surface area contributed by atoms with E-state index in [0.29, 0.717) is 41.7 Å². The van der Waals surface area contributed by atoms with Crippen molar-refractivity contribution in [1.82, 2.24) is 20.9 Å². The maximum absolute atomic E-state index is 13.0. The first-order valence-electron chi connectivity index (χ1n) is 18.5. The van der Waals surface area contributed by atoms with E-state index >= 15 is 0 Å². The van der Waals surface area contributed by atoms with E-state index in [1.54, 1.807) is 21.3 Å². The SMILES string of the molecule is COc1ccc(-c2noc(CC(=O)NCCCCCCNC(=O)Cc3onc(-c4ccc(CO)cc4)c3-c3ccc(OC)cc3)c2-c2ccc(OC)cc2)cc1. The summed E-state index contributed by atoms with van der Waals surface area (Å²) in [5.41, 5.74) is 6.90. The molecular formula is C44H46N4O8. The molecule has 6 aromatic rings. The van der Waals surface area contributed by atoms with Crippen LogP contribution in [0.25, 0.3) is 44.8 Å². The summed E-state index contributed by atoms with van der Waals surface area (Å²) in [6.07, 6.45) is 3.43. The second kappa shape index (κ2) is 19.3. The fourth-order valence-electron chi connectivity index (χ4n) is 6.39. The molecule has 0 atom stereocenters. The first-order valence-corrected chi connectivity index (χ1v) is 18.5. The topological polar surface area (TPSA) is 158 Å². The Morgan fingerprint density at radius 1 is 0.536 bits per heavy atom. The minimum atomic E-state index is -0.165. The Morgan fingerprint density at radius 3 is 1.25 bits per heavy atom. The highest BCUT2D eigenvalue weighted by atomic mass is 16.5. The summed E-state index contributed by atoms with van der Waals surface area (Å²) in [7, 11) is 4.84. The summed E-state index contributed by atoms with van der Waals surface area (Å²) in [5, 5.41) is 24.2. The van der Waals surface area contributed by atoms with Gasteiger partial charge in [-0.2, -0.15) is 0 Å². The number of methoxy groups -OCH3 is 3. The van der Waals surface area contributed by atoms with E-state index in [2.05, 4.69) is 20.9 Å². The largest absolute Gasteiger partial charge is 0.497 e. The molecule has 290 valence electrons. The summed E-state index contributed by atoms with van der Waals surface area (Å²) >= 11 is 0. The van der Waals surface area contributed by atoms with Crippen LogP contribution in [0.1, 0.15) is 42.8 Å². The molecule has 0 aliphatic carbocycles. The number of carbonyl (C=O) groups excluding carboxylic acids is 2. The molecule has 0 fully saturated rings. The van der Waals surface area contributed by atoms with Crippen molar-refractivity contribution in [1.29, 1.82) is 0 Å². The minimum Gasteiger partial charge on any atom is -0.497 e. The molecule has 3 N–H and O–H groups in total. The second-order valence-corrected chi connectivity index (χ2v) is 13.2. The highest BCUT2D eigenvalue weighted by molar-refractivity contribution is 5.88. The van der Waals surface area contributed by atoms with E-state index in [-0.39, 0.29) is 31.3 Å². The van der Waals surface area contributed by atoms with E-state index in [1.165, 1.54) is 0 Å². The zero-order chi connectivity index (χ0) is 39.3. The van der Waals surface area contributed by atoms with Crippen LogP contribution in [0.15, 0.2) is 106 Å². The second-order valence-electron chi connectivity index (χ2n) is 13.2. The lowest BCUT2D eigenvalue weighted by Crippen LogP contribution is -2.27. The van der Waals surface area contributed by atoms with Crippen molar-refractivity contribution in [3.63, 3.8) is 0 Å². The summed E-state index contributed by atoms with van der Waals surface area (Å²) < 4.78 is 27.5. The van der Waals surface area contributed by atoms with Gasteiger partial charge in [0.15, 0.2) is 11.5 Å². The van der Waals surface area contributed by atoms with Gasteiger partial charge in [0.25, 0.3) is 0 Å². The van der Waals surface area contributed by atoms with Crippen molar-refractivity contribution < 1.29 is 38.0 Å². The number of hydrogen-bond acceptors (Lipinski definition) is 10. The molecule has 56 heavy (non-hydrogen) atoms. The number of benzene rings is 4. The van der Waals surface area contributed by atoms with Crippen LogP contribution in [-0.2, 0) is 29.0 Å². The maximum Gasteiger partial charge on any atom is 0.227 e. The standard InChI is InChI=1S/C44H46N4O8/c1-52-34-18-12-30(13-19-34)41-37(55-47-43(41)32-10-8-29(28-49)9-11-32)26-39(50)45-24-6-4-5-7-25-46-40(51)27-38-42(31-14-20-35(53-2)21-15-31)44(48-56-38)33-16-22-36(54-3)23-17-33/h8-23,49H,4-7,24-28H2,1-3H3,(H,45,50)(H,46,51). The molecule has 12 heteroatoms. The Balaban J connectivity index is 0.970. The van der Waals surface area contributed by atoms with Crippen LogP contribution in [0.3, 0.4) is 0 Å². The van der Waals surface area contributed by atoms with Crippen LogP contribution in [0.4, 0.5) is 0 Å². The zero-order valence-corrected chi connectivity index (χ0v) is 31.8. The number of carbonyl (C=O) groups is 2. The van der Waals surface area contributed by atoms with Crippen LogP contribution < -0.4 is 24.8 Å². The number of unbranched alkanes of at least 4 members (excludes halogenated alkanes) is 3. The highest BCUT2D eigenvalue weighted by Crippen LogP contribution is 2.37. The average Bonchev–Trinajstić information content (AvgIpc) is 3.86. The summed E-state index contributed by atoms with van der Waals surface area (Å²) in [4.78, 5) is 26.0. The molecule has 0 bridgehead atoms. The molecule has 4 aromatic carbocycles.